The fraction of sp³-hybridized carbons (Fsp3) is 0.304. The van der Waals surface area contributed by atoms with Crippen LogP contribution in [0.5, 0.6) is 0 Å². The number of aliphatic hydroxyl groups excluding tert-OH is 1. The van der Waals surface area contributed by atoms with Crippen molar-refractivity contribution in [3.63, 3.8) is 0 Å². The molecule has 2 aromatic carbocycles. The van der Waals surface area contributed by atoms with Gasteiger partial charge in [-0.1, -0.05) is 57.9 Å². The van der Waals surface area contributed by atoms with Gasteiger partial charge in [-0.05, 0) is 37.5 Å². The first-order chi connectivity index (χ1) is 14.0. The van der Waals surface area contributed by atoms with Crippen LogP contribution in [0.25, 0.3) is 5.76 Å². The molecule has 2 unspecified atom stereocenters. The second kappa shape index (κ2) is 8.13. The lowest BCUT2D eigenvalue weighted by Gasteiger charge is -2.27. The number of ether oxygens (including phenoxy) is 1. The van der Waals surface area contributed by atoms with E-state index in [-0.39, 0.29) is 17.4 Å². The summed E-state index contributed by atoms with van der Waals surface area (Å²) in [6.45, 7) is 2.98. The van der Waals surface area contributed by atoms with Crippen molar-refractivity contribution in [1.82, 2.24) is 4.90 Å². The van der Waals surface area contributed by atoms with E-state index in [4.69, 9.17) is 4.74 Å². The van der Waals surface area contributed by atoms with Crippen LogP contribution < -0.4 is 0 Å². The fourth-order valence-corrected chi connectivity index (χ4v) is 4.20. The topological polar surface area (TPSA) is 66.8 Å². The van der Waals surface area contributed by atoms with Gasteiger partial charge in [-0.25, -0.2) is 0 Å². The Hall–Kier alpha value is -2.44. The molecule has 6 heteroatoms. The highest BCUT2D eigenvalue weighted by Crippen LogP contribution is 2.40. The monoisotopic (exact) mass is 455 g/mol. The second-order valence-electron chi connectivity index (χ2n) is 7.50. The van der Waals surface area contributed by atoms with Crippen molar-refractivity contribution in [2.75, 3.05) is 13.2 Å². The van der Waals surface area contributed by atoms with Gasteiger partial charge in [0.1, 0.15) is 5.76 Å². The van der Waals surface area contributed by atoms with Gasteiger partial charge in [0.25, 0.3) is 11.7 Å². The molecule has 2 fully saturated rings. The van der Waals surface area contributed by atoms with Gasteiger partial charge in [0.15, 0.2) is 0 Å². The van der Waals surface area contributed by atoms with E-state index in [1.54, 1.807) is 29.2 Å². The van der Waals surface area contributed by atoms with Crippen LogP contribution in [-0.4, -0.2) is 41.0 Å². The minimum atomic E-state index is -0.658. The fourth-order valence-electron chi connectivity index (χ4n) is 3.93. The number of ketones is 1. The number of nitrogens with zero attached hydrogens (tertiary/aromatic N) is 1. The zero-order chi connectivity index (χ0) is 20.5. The van der Waals surface area contributed by atoms with Crippen molar-refractivity contribution in [3.05, 3.63) is 75.3 Å². The number of benzene rings is 2. The average Bonchev–Trinajstić information content (AvgIpc) is 3.31. The van der Waals surface area contributed by atoms with E-state index in [1.807, 2.05) is 31.2 Å². The normalized spacial score (nSPS) is 23.7. The summed E-state index contributed by atoms with van der Waals surface area (Å²) in [7, 11) is 0. The summed E-state index contributed by atoms with van der Waals surface area (Å²) in [4.78, 5) is 27.4. The highest BCUT2D eigenvalue weighted by Gasteiger charge is 2.46. The maximum atomic E-state index is 13.0. The summed E-state index contributed by atoms with van der Waals surface area (Å²) in [6.07, 6.45) is 1.72. The molecule has 2 atom stereocenters. The maximum absolute atomic E-state index is 13.0. The van der Waals surface area contributed by atoms with Gasteiger partial charge in [-0.2, -0.15) is 0 Å². The molecule has 0 aromatic heterocycles. The Morgan fingerprint density at radius 3 is 2.45 bits per heavy atom. The van der Waals surface area contributed by atoms with Crippen LogP contribution in [-0.2, 0) is 14.3 Å². The molecular formula is C23H22BrNO4. The molecule has 2 aliphatic heterocycles. The van der Waals surface area contributed by atoms with Gasteiger partial charge in [-0.3, -0.25) is 9.59 Å². The van der Waals surface area contributed by atoms with Crippen LogP contribution in [0.3, 0.4) is 0 Å². The minimum Gasteiger partial charge on any atom is -0.507 e. The molecule has 2 aromatic rings. The van der Waals surface area contributed by atoms with Gasteiger partial charge in [0.2, 0.25) is 0 Å². The van der Waals surface area contributed by atoms with E-state index in [2.05, 4.69) is 15.9 Å². The first-order valence-electron chi connectivity index (χ1n) is 9.68. The molecule has 0 aliphatic carbocycles. The lowest BCUT2D eigenvalue weighted by atomic mass is 9.94. The highest BCUT2D eigenvalue weighted by molar-refractivity contribution is 9.10. The third-order valence-electron chi connectivity index (χ3n) is 5.48. The molecule has 2 heterocycles. The largest absolute Gasteiger partial charge is 0.507 e. The minimum absolute atomic E-state index is 0.0890. The molecule has 1 N–H and O–H groups in total. The number of amides is 1. The van der Waals surface area contributed by atoms with Crippen molar-refractivity contribution >= 4 is 33.4 Å². The summed E-state index contributed by atoms with van der Waals surface area (Å²) in [6, 6.07) is 14.1. The van der Waals surface area contributed by atoms with Crippen LogP contribution in [0.2, 0.25) is 0 Å². The number of rotatable bonds is 4. The number of halogens is 1. The number of aliphatic hydroxyl groups is 1. The van der Waals surface area contributed by atoms with Crippen LogP contribution in [0.4, 0.5) is 0 Å². The maximum Gasteiger partial charge on any atom is 0.295 e. The Balaban J connectivity index is 1.81. The van der Waals surface area contributed by atoms with Crippen LogP contribution >= 0.6 is 15.9 Å². The van der Waals surface area contributed by atoms with E-state index in [0.717, 1.165) is 28.4 Å². The predicted octanol–water partition coefficient (Wildman–Crippen LogP) is 4.36. The van der Waals surface area contributed by atoms with Crippen LogP contribution in [0, 0.1) is 6.92 Å². The van der Waals surface area contributed by atoms with Crippen molar-refractivity contribution in [1.29, 1.82) is 0 Å². The molecular weight excluding hydrogens is 434 g/mol. The molecule has 0 saturated carbocycles. The molecule has 150 valence electrons. The van der Waals surface area contributed by atoms with Gasteiger partial charge < -0.3 is 14.7 Å². The van der Waals surface area contributed by atoms with Crippen molar-refractivity contribution in [3.8, 4) is 0 Å². The molecule has 1 amide bonds. The molecule has 4 rings (SSSR count). The Morgan fingerprint density at radius 2 is 1.83 bits per heavy atom. The SMILES string of the molecule is Cc1ccc(C2/C(=C(\O)c3ccc(Br)cc3)C(=O)C(=O)N2CC2CCCO2)cc1. The van der Waals surface area contributed by atoms with Gasteiger partial charge in [0.05, 0.1) is 17.7 Å². The van der Waals surface area contributed by atoms with E-state index in [0.29, 0.717) is 18.7 Å². The van der Waals surface area contributed by atoms with Gasteiger partial charge >= 0.3 is 0 Å². The summed E-state index contributed by atoms with van der Waals surface area (Å²) in [5.74, 6) is -1.41. The van der Waals surface area contributed by atoms with Crippen LogP contribution in [0.15, 0.2) is 58.6 Å². The predicted molar refractivity (Wildman–Crippen MR) is 113 cm³/mol. The number of Topliss-reactive ketones (excluding diaryl/α,β-unsaturated/α-hetero) is 1. The number of aryl methyl sites for hydroxylation is 1. The van der Waals surface area contributed by atoms with Crippen molar-refractivity contribution < 1.29 is 19.4 Å². The van der Waals surface area contributed by atoms with E-state index >= 15 is 0 Å². The summed E-state index contributed by atoms with van der Waals surface area (Å²) in [5.41, 5.74) is 2.50. The highest BCUT2D eigenvalue weighted by atomic mass is 79.9. The standard InChI is InChI=1S/C23H22BrNO4/c1-14-4-6-15(7-5-14)20-19(21(26)16-8-10-17(24)11-9-16)22(27)23(28)25(20)13-18-3-2-12-29-18/h4-11,18,20,26H,2-3,12-13H2,1H3/b21-19+. The third-order valence-corrected chi connectivity index (χ3v) is 6.00. The van der Waals surface area contributed by atoms with Gasteiger partial charge in [-0.15, -0.1) is 0 Å². The summed E-state index contributed by atoms with van der Waals surface area (Å²) in [5, 5.41) is 11.0. The number of hydrogen-bond donors (Lipinski definition) is 1. The third kappa shape index (κ3) is 3.87. The zero-order valence-corrected chi connectivity index (χ0v) is 17.7. The first kappa shape index (κ1) is 19.9. The van der Waals surface area contributed by atoms with Crippen LogP contribution in [0.1, 0.15) is 35.6 Å². The second-order valence-corrected chi connectivity index (χ2v) is 8.42. The van der Waals surface area contributed by atoms with E-state index < -0.39 is 17.7 Å². The first-order valence-corrected chi connectivity index (χ1v) is 10.5. The molecule has 5 nitrogen and oxygen atoms in total. The summed E-state index contributed by atoms with van der Waals surface area (Å²) >= 11 is 3.37. The number of carbonyl (C=O) groups excluding carboxylic acids is 2. The quantitative estimate of drug-likeness (QED) is 0.422. The number of carbonyl (C=O) groups is 2. The molecule has 0 bridgehead atoms. The molecule has 2 saturated heterocycles. The van der Waals surface area contributed by atoms with E-state index in [9.17, 15) is 14.7 Å². The number of likely N-dealkylation sites (tertiary alicyclic amines) is 1. The zero-order valence-electron chi connectivity index (χ0n) is 16.1. The molecule has 0 spiro atoms. The lowest BCUT2D eigenvalue weighted by Crippen LogP contribution is -2.36. The van der Waals surface area contributed by atoms with Gasteiger partial charge in [0, 0.05) is 23.2 Å². The Bertz CT molecular complexity index is 959. The molecule has 29 heavy (non-hydrogen) atoms. The summed E-state index contributed by atoms with van der Waals surface area (Å²) < 4.78 is 6.57. The number of hydrogen-bond acceptors (Lipinski definition) is 4. The molecule has 0 radical (unpaired) electrons. The Labute approximate surface area is 178 Å². The van der Waals surface area contributed by atoms with Crippen molar-refractivity contribution in [2.24, 2.45) is 0 Å². The average molecular weight is 456 g/mol. The van der Waals surface area contributed by atoms with Crippen molar-refractivity contribution in [2.45, 2.75) is 31.9 Å². The Kier molecular flexibility index (Phi) is 5.56. The lowest BCUT2D eigenvalue weighted by molar-refractivity contribution is -0.140. The van der Waals surface area contributed by atoms with E-state index in [1.165, 1.54) is 0 Å². The molecule has 2 aliphatic rings. The smallest absolute Gasteiger partial charge is 0.295 e. The Morgan fingerprint density at radius 1 is 1.14 bits per heavy atom.